The second-order valence-corrected chi connectivity index (χ2v) is 6.10. The molecular formula is C14H20BrNO2. The minimum Gasteiger partial charge on any atom is -0.497 e. The van der Waals surface area contributed by atoms with Gasteiger partial charge in [-0.2, -0.15) is 0 Å². The fourth-order valence-electron chi connectivity index (χ4n) is 2.19. The Labute approximate surface area is 117 Å². The summed E-state index contributed by atoms with van der Waals surface area (Å²) in [6, 6.07) is 6.11. The summed E-state index contributed by atoms with van der Waals surface area (Å²) < 4.78 is 12.0. The smallest absolute Gasteiger partial charge is 0.119 e. The fourth-order valence-corrected chi connectivity index (χ4v) is 2.56. The number of benzene rings is 1. The van der Waals surface area contributed by atoms with Crippen LogP contribution in [-0.4, -0.2) is 37.3 Å². The van der Waals surface area contributed by atoms with Gasteiger partial charge >= 0.3 is 0 Å². The highest BCUT2D eigenvalue weighted by molar-refractivity contribution is 9.10. The number of halogens is 1. The van der Waals surface area contributed by atoms with Gasteiger partial charge in [0.2, 0.25) is 0 Å². The average molecular weight is 314 g/mol. The van der Waals surface area contributed by atoms with Gasteiger partial charge in [-0.3, -0.25) is 4.90 Å². The number of ether oxygens (including phenoxy) is 2. The zero-order valence-electron chi connectivity index (χ0n) is 11.2. The molecule has 18 heavy (non-hydrogen) atoms. The monoisotopic (exact) mass is 313 g/mol. The van der Waals surface area contributed by atoms with Crippen molar-refractivity contribution in [3.8, 4) is 5.75 Å². The summed E-state index contributed by atoms with van der Waals surface area (Å²) >= 11 is 3.61. The van der Waals surface area contributed by atoms with Gasteiger partial charge < -0.3 is 9.47 Å². The van der Waals surface area contributed by atoms with Crippen molar-refractivity contribution >= 4 is 15.9 Å². The van der Waals surface area contributed by atoms with Crippen LogP contribution in [0.3, 0.4) is 0 Å². The maximum atomic E-state index is 5.55. The molecule has 0 spiro atoms. The van der Waals surface area contributed by atoms with Gasteiger partial charge in [0.25, 0.3) is 0 Å². The molecule has 0 radical (unpaired) electrons. The van der Waals surface area contributed by atoms with Crippen LogP contribution in [0.15, 0.2) is 22.7 Å². The second kappa shape index (κ2) is 5.59. The Morgan fingerprint density at radius 2 is 2.22 bits per heavy atom. The Bertz CT molecular complexity index is 420. The lowest BCUT2D eigenvalue weighted by molar-refractivity contribution is -0.0553. The van der Waals surface area contributed by atoms with Crippen molar-refractivity contribution in [2.24, 2.45) is 0 Å². The number of hydrogen-bond donors (Lipinski definition) is 0. The molecule has 1 aliphatic heterocycles. The lowest BCUT2D eigenvalue weighted by Crippen LogP contribution is -2.52. The molecule has 100 valence electrons. The molecule has 1 aliphatic rings. The van der Waals surface area contributed by atoms with E-state index in [2.05, 4.69) is 40.7 Å². The SMILES string of the molecule is COc1ccc(Br)c(CN2CCOCC2(C)C)c1. The van der Waals surface area contributed by atoms with Gasteiger partial charge in [-0.1, -0.05) is 15.9 Å². The van der Waals surface area contributed by atoms with E-state index in [4.69, 9.17) is 9.47 Å². The molecule has 0 N–H and O–H groups in total. The molecular weight excluding hydrogens is 294 g/mol. The van der Waals surface area contributed by atoms with E-state index < -0.39 is 0 Å². The summed E-state index contributed by atoms with van der Waals surface area (Å²) in [6.07, 6.45) is 0. The first-order valence-electron chi connectivity index (χ1n) is 6.18. The van der Waals surface area contributed by atoms with E-state index in [1.807, 2.05) is 12.1 Å². The largest absolute Gasteiger partial charge is 0.497 e. The summed E-state index contributed by atoms with van der Waals surface area (Å²) in [6.45, 7) is 7.92. The van der Waals surface area contributed by atoms with Crippen molar-refractivity contribution in [2.75, 3.05) is 26.9 Å². The first-order chi connectivity index (χ1) is 8.53. The molecule has 0 bridgehead atoms. The highest BCUT2D eigenvalue weighted by atomic mass is 79.9. The minimum absolute atomic E-state index is 0.0841. The normalized spacial score (nSPS) is 19.8. The van der Waals surface area contributed by atoms with Gasteiger partial charge in [-0.05, 0) is 37.6 Å². The van der Waals surface area contributed by atoms with Crippen molar-refractivity contribution in [3.05, 3.63) is 28.2 Å². The van der Waals surface area contributed by atoms with Gasteiger partial charge in [-0.25, -0.2) is 0 Å². The Morgan fingerprint density at radius 1 is 1.44 bits per heavy atom. The minimum atomic E-state index is 0.0841. The van der Waals surface area contributed by atoms with E-state index in [1.54, 1.807) is 7.11 Å². The second-order valence-electron chi connectivity index (χ2n) is 5.24. The van der Waals surface area contributed by atoms with Crippen LogP contribution in [0.4, 0.5) is 0 Å². The molecule has 1 heterocycles. The van der Waals surface area contributed by atoms with Crippen LogP contribution < -0.4 is 4.74 Å². The van der Waals surface area contributed by atoms with Crippen LogP contribution in [0.25, 0.3) is 0 Å². The molecule has 1 saturated heterocycles. The van der Waals surface area contributed by atoms with E-state index in [0.717, 1.165) is 36.5 Å². The van der Waals surface area contributed by atoms with Crippen LogP contribution in [0.5, 0.6) is 5.75 Å². The number of rotatable bonds is 3. The first kappa shape index (κ1) is 13.8. The molecule has 3 nitrogen and oxygen atoms in total. The number of methoxy groups -OCH3 is 1. The molecule has 1 aromatic carbocycles. The molecule has 2 rings (SSSR count). The van der Waals surface area contributed by atoms with E-state index >= 15 is 0 Å². The Morgan fingerprint density at radius 3 is 2.89 bits per heavy atom. The van der Waals surface area contributed by atoms with E-state index in [-0.39, 0.29) is 5.54 Å². The summed E-state index contributed by atoms with van der Waals surface area (Å²) in [7, 11) is 1.70. The summed E-state index contributed by atoms with van der Waals surface area (Å²) in [5.74, 6) is 0.902. The van der Waals surface area contributed by atoms with Crippen LogP contribution >= 0.6 is 15.9 Å². The predicted octanol–water partition coefficient (Wildman–Crippen LogP) is 3.07. The van der Waals surface area contributed by atoms with Crippen LogP contribution in [0, 0.1) is 0 Å². The average Bonchev–Trinajstić information content (AvgIpc) is 2.34. The Kier molecular flexibility index (Phi) is 4.30. The van der Waals surface area contributed by atoms with Crippen molar-refractivity contribution in [1.82, 2.24) is 4.90 Å². The molecule has 0 saturated carbocycles. The van der Waals surface area contributed by atoms with Crippen molar-refractivity contribution < 1.29 is 9.47 Å². The number of morpholine rings is 1. The van der Waals surface area contributed by atoms with Crippen LogP contribution in [-0.2, 0) is 11.3 Å². The number of nitrogens with zero attached hydrogens (tertiary/aromatic N) is 1. The van der Waals surface area contributed by atoms with E-state index in [1.165, 1.54) is 5.56 Å². The molecule has 1 fully saturated rings. The maximum absolute atomic E-state index is 5.55. The molecule has 0 atom stereocenters. The van der Waals surface area contributed by atoms with E-state index in [0.29, 0.717) is 0 Å². The standard InChI is InChI=1S/C14H20BrNO2/c1-14(2)10-18-7-6-16(14)9-11-8-12(17-3)4-5-13(11)15/h4-5,8H,6-7,9-10H2,1-3H3. The first-order valence-corrected chi connectivity index (χ1v) is 6.97. The van der Waals surface area contributed by atoms with Gasteiger partial charge in [0.05, 0.1) is 20.3 Å². The van der Waals surface area contributed by atoms with Crippen molar-refractivity contribution in [2.45, 2.75) is 25.9 Å². The highest BCUT2D eigenvalue weighted by Gasteiger charge is 2.30. The fraction of sp³-hybridized carbons (Fsp3) is 0.571. The maximum Gasteiger partial charge on any atom is 0.119 e. The Hall–Kier alpha value is -0.580. The quantitative estimate of drug-likeness (QED) is 0.856. The lowest BCUT2D eigenvalue weighted by atomic mass is 10.0. The number of hydrogen-bond acceptors (Lipinski definition) is 3. The highest BCUT2D eigenvalue weighted by Crippen LogP contribution is 2.27. The third-order valence-corrected chi connectivity index (χ3v) is 4.20. The summed E-state index contributed by atoms with van der Waals surface area (Å²) in [5, 5.41) is 0. The third kappa shape index (κ3) is 3.05. The molecule has 0 amide bonds. The van der Waals surface area contributed by atoms with Crippen LogP contribution in [0.2, 0.25) is 0 Å². The zero-order valence-corrected chi connectivity index (χ0v) is 12.8. The van der Waals surface area contributed by atoms with Gasteiger partial charge in [0.15, 0.2) is 0 Å². The summed E-state index contributed by atoms with van der Waals surface area (Å²) in [4.78, 5) is 2.45. The molecule has 0 unspecified atom stereocenters. The van der Waals surface area contributed by atoms with E-state index in [9.17, 15) is 0 Å². The van der Waals surface area contributed by atoms with Gasteiger partial charge in [-0.15, -0.1) is 0 Å². The molecule has 1 aromatic rings. The van der Waals surface area contributed by atoms with Crippen molar-refractivity contribution in [3.63, 3.8) is 0 Å². The lowest BCUT2D eigenvalue weighted by Gasteiger charge is -2.42. The predicted molar refractivity (Wildman–Crippen MR) is 76.0 cm³/mol. The summed E-state index contributed by atoms with van der Waals surface area (Å²) in [5.41, 5.74) is 1.34. The Balaban J connectivity index is 2.17. The van der Waals surface area contributed by atoms with Crippen molar-refractivity contribution in [1.29, 1.82) is 0 Å². The van der Waals surface area contributed by atoms with Gasteiger partial charge in [0, 0.05) is 23.1 Å². The topological polar surface area (TPSA) is 21.7 Å². The van der Waals surface area contributed by atoms with Crippen LogP contribution in [0.1, 0.15) is 19.4 Å². The zero-order chi connectivity index (χ0) is 13.2. The molecule has 4 heteroatoms. The third-order valence-electron chi connectivity index (χ3n) is 3.43. The van der Waals surface area contributed by atoms with Gasteiger partial charge in [0.1, 0.15) is 5.75 Å². The molecule has 0 aliphatic carbocycles. The molecule has 0 aromatic heterocycles.